The van der Waals surface area contributed by atoms with Crippen LogP contribution in [-0.2, 0) is 6.61 Å². The second-order valence-corrected chi connectivity index (χ2v) is 4.18. The number of hydrogen-bond acceptors (Lipinski definition) is 4. The maximum Gasteiger partial charge on any atom is 0.134 e. The Kier molecular flexibility index (Phi) is 2.19. The first kappa shape index (κ1) is 8.87. The Morgan fingerprint density at radius 2 is 2.15 bits per heavy atom. The molecule has 0 aliphatic carbocycles. The number of thiophene rings is 1. The number of aliphatic hydroxyl groups excluding tert-OH is 1. The minimum atomic E-state index is -0.0742. The molecule has 2 nitrogen and oxygen atoms in total. The summed E-state index contributed by atoms with van der Waals surface area (Å²) in [5.74, 6) is 0.234. The van der Waals surface area contributed by atoms with Gasteiger partial charge in [-0.2, -0.15) is 0 Å². The van der Waals surface area contributed by atoms with E-state index in [1.54, 1.807) is 11.4 Å². The molecular weight excluding hydrogens is 204 g/mol. The van der Waals surface area contributed by atoms with Crippen LogP contribution in [0.5, 0.6) is 5.75 Å². The number of rotatable bonds is 1. The van der Waals surface area contributed by atoms with Crippen molar-refractivity contribution in [2.24, 2.45) is 0 Å². The molecule has 2 rings (SSSR count). The molecule has 4 heteroatoms. The summed E-state index contributed by atoms with van der Waals surface area (Å²) < 4.78 is 0.953. The normalized spacial score (nSPS) is 10.9. The molecule has 68 valence electrons. The van der Waals surface area contributed by atoms with Crippen LogP contribution >= 0.6 is 24.0 Å². The summed E-state index contributed by atoms with van der Waals surface area (Å²) in [4.78, 5) is 0.804. The third-order valence-corrected chi connectivity index (χ3v) is 3.07. The summed E-state index contributed by atoms with van der Waals surface area (Å²) in [5.41, 5.74) is 0.723. The largest absolute Gasteiger partial charge is 0.506 e. The van der Waals surface area contributed by atoms with Crippen LogP contribution in [0.4, 0.5) is 0 Å². The van der Waals surface area contributed by atoms with E-state index in [0.717, 1.165) is 20.5 Å². The second-order valence-electron chi connectivity index (χ2n) is 2.76. The number of thiol groups is 1. The van der Waals surface area contributed by atoms with Gasteiger partial charge in [-0.3, -0.25) is 0 Å². The minimum Gasteiger partial charge on any atom is -0.506 e. The Hall–Kier alpha value is -0.710. The highest BCUT2D eigenvalue weighted by atomic mass is 32.1. The Balaban J connectivity index is 2.85. The number of fused-ring (bicyclic) bond motifs is 1. The predicted molar refractivity (Wildman–Crippen MR) is 56.7 cm³/mol. The first-order valence-electron chi connectivity index (χ1n) is 3.75. The van der Waals surface area contributed by atoms with Gasteiger partial charge < -0.3 is 10.2 Å². The van der Waals surface area contributed by atoms with Gasteiger partial charge >= 0.3 is 0 Å². The molecule has 0 spiro atoms. The van der Waals surface area contributed by atoms with Crippen molar-refractivity contribution in [3.63, 3.8) is 0 Å². The number of aliphatic hydroxyl groups is 1. The van der Waals surface area contributed by atoms with Crippen molar-refractivity contribution in [3.8, 4) is 5.75 Å². The van der Waals surface area contributed by atoms with Crippen molar-refractivity contribution in [3.05, 3.63) is 23.1 Å². The fourth-order valence-corrected chi connectivity index (χ4v) is 2.62. The first-order valence-corrected chi connectivity index (χ1v) is 5.08. The zero-order valence-corrected chi connectivity index (χ0v) is 8.40. The fraction of sp³-hybridized carbons (Fsp3) is 0.111. The zero-order valence-electron chi connectivity index (χ0n) is 6.69. The van der Waals surface area contributed by atoms with Crippen LogP contribution in [0, 0.1) is 0 Å². The van der Waals surface area contributed by atoms with Crippen molar-refractivity contribution in [1.29, 1.82) is 0 Å². The van der Waals surface area contributed by atoms with Crippen LogP contribution in [-0.4, -0.2) is 10.2 Å². The Morgan fingerprint density at radius 1 is 1.38 bits per heavy atom. The summed E-state index contributed by atoms with van der Waals surface area (Å²) >= 11 is 5.65. The van der Waals surface area contributed by atoms with Gasteiger partial charge in [0, 0.05) is 20.4 Å². The molecule has 0 saturated carbocycles. The van der Waals surface area contributed by atoms with Crippen LogP contribution in [0.25, 0.3) is 10.1 Å². The molecule has 0 bridgehead atoms. The molecule has 0 radical (unpaired) electrons. The number of benzene rings is 1. The van der Waals surface area contributed by atoms with E-state index in [1.807, 2.05) is 6.07 Å². The Morgan fingerprint density at radius 3 is 2.85 bits per heavy atom. The van der Waals surface area contributed by atoms with E-state index >= 15 is 0 Å². The molecule has 0 atom stereocenters. The third-order valence-electron chi connectivity index (χ3n) is 1.89. The quantitative estimate of drug-likeness (QED) is 0.635. The van der Waals surface area contributed by atoms with Gasteiger partial charge in [-0.05, 0) is 17.7 Å². The average molecular weight is 212 g/mol. The maximum atomic E-state index is 9.49. The van der Waals surface area contributed by atoms with E-state index < -0.39 is 0 Å². The van der Waals surface area contributed by atoms with Crippen LogP contribution < -0.4 is 0 Å². The highest BCUT2D eigenvalue weighted by molar-refractivity contribution is 7.80. The fourth-order valence-electron chi connectivity index (χ4n) is 1.34. The van der Waals surface area contributed by atoms with E-state index in [-0.39, 0.29) is 12.4 Å². The number of hydrogen-bond donors (Lipinski definition) is 3. The molecule has 1 aromatic heterocycles. The molecule has 0 saturated heterocycles. The molecule has 1 aromatic carbocycles. The topological polar surface area (TPSA) is 40.5 Å². The molecule has 1 heterocycles. The Bertz CT molecular complexity index is 448. The molecule has 0 fully saturated rings. The molecule has 13 heavy (non-hydrogen) atoms. The van der Waals surface area contributed by atoms with Gasteiger partial charge in [-0.15, -0.1) is 24.0 Å². The van der Waals surface area contributed by atoms with E-state index in [1.165, 1.54) is 11.3 Å². The Labute approximate surface area is 84.9 Å². The summed E-state index contributed by atoms with van der Waals surface area (Å²) in [7, 11) is 0. The van der Waals surface area contributed by atoms with E-state index in [4.69, 9.17) is 5.11 Å². The van der Waals surface area contributed by atoms with Crippen LogP contribution in [0.3, 0.4) is 0 Å². The lowest BCUT2D eigenvalue weighted by Crippen LogP contribution is -1.83. The summed E-state index contributed by atoms with van der Waals surface area (Å²) in [6.45, 7) is -0.0742. The van der Waals surface area contributed by atoms with Crippen LogP contribution in [0.15, 0.2) is 22.4 Å². The third kappa shape index (κ3) is 1.41. The van der Waals surface area contributed by atoms with Gasteiger partial charge in [0.15, 0.2) is 0 Å². The van der Waals surface area contributed by atoms with Crippen molar-refractivity contribution >= 4 is 34.1 Å². The maximum absolute atomic E-state index is 9.49. The second kappa shape index (κ2) is 3.21. The lowest BCUT2D eigenvalue weighted by Gasteiger charge is -2.01. The molecular formula is C9H8O2S2. The molecule has 0 unspecified atom stereocenters. The number of aromatic hydroxyl groups is 1. The smallest absolute Gasteiger partial charge is 0.134 e. The monoisotopic (exact) mass is 212 g/mol. The van der Waals surface area contributed by atoms with Crippen molar-refractivity contribution in [2.75, 3.05) is 0 Å². The summed E-state index contributed by atoms with van der Waals surface area (Å²) in [5, 5.41) is 21.0. The van der Waals surface area contributed by atoms with Crippen LogP contribution in [0.1, 0.15) is 5.56 Å². The summed E-state index contributed by atoms with van der Waals surface area (Å²) in [6.07, 6.45) is 0. The van der Waals surface area contributed by atoms with E-state index in [9.17, 15) is 5.11 Å². The van der Waals surface area contributed by atoms with Gasteiger partial charge in [0.25, 0.3) is 0 Å². The van der Waals surface area contributed by atoms with Crippen molar-refractivity contribution in [1.82, 2.24) is 0 Å². The van der Waals surface area contributed by atoms with Crippen molar-refractivity contribution < 1.29 is 10.2 Å². The lowest BCUT2D eigenvalue weighted by atomic mass is 10.1. The first-order chi connectivity index (χ1) is 6.22. The standard InChI is InChI=1S/C9H8O2S2/c10-3-5-1-6(12)2-8-9(5)7(11)4-13-8/h1-2,4,10-12H,3H2. The summed E-state index contributed by atoms with van der Waals surface area (Å²) in [6, 6.07) is 3.64. The zero-order chi connectivity index (χ0) is 9.42. The molecule has 0 amide bonds. The lowest BCUT2D eigenvalue weighted by molar-refractivity contribution is 0.283. The predicted octanol–water partition coefficient (Wildman–Crippen LogP) is 2.39. The van der Waals surface area contributed by atoms with E-state index in [2.05, 4.69) is 12.6 Å². The average Bonchev–Trinajstić information content (AvgIpc) is 2.46. The van der Waals surface area contributed by atoms with Gasteiger partial charge in [-0.1, -0.05) is 0 Å². The molecule has 0 aliphatic heterocycles. The van der Waals surface area contributed by atoms with E-state index in [0.29, 0.717) is 0 Å². The van der Waals surface area contributed by atoms with Gasteiger partial charge in [-0.25, -0.2) is 0 Å². The molecule has 2 aromatic rings. The minimum absolute atomic E-state index is 0.0742. The molecule has 2 N–H and O–H groups in total. The van der Waals surface area contributed by atoms with Gasteiger partial charge in [0.05, 0.1) is 6.61 Å². The SMILES string of the molecule is OCc1cc(S)cc2scc(O)c12. The highest BCUT2D eigenvalue weighted by Gasteiger charge is 2.08. The van der Waals surface area contributed by atoms with Gasteiger partial charge in [0.2, 0.25) is 0 Å². The van der Waals surface area contributed by atoms with Gasteiger partial charge in [0.1, 0.15) is 5.75 Å². The van der Waals surface area contributed by atoms with Crippen LogP contribution in [0.2, 0.25) is 0 Å². The highest BCUT2D eigenvalue weighted by Crippen LogP contribution is 2.35. The molecule has 0 aliphatic rings. The van der Waals surface area contributed by atoms with Crippen molar-refractivity contribution in [2.45, 2.75) is 11.5 Å².